The van der Waals surface area contributed by atoms with Crippen LogP contribution in [0.15, 0.2) is 58.0 Å². The van der Waals surface area contributed by atoms with E-state index in [4.69, 9.17) is 4.74 Å². The summed E-state index contributed by atoms with van der Waals surface area (Å²) in [5, 5.41) is 16.1. The minimum atomic E-state index is -3.67. The van der Waals surface area contributed by atoms with E-state index in [0.29, 0.717) is 33.4 Å². The van der Waals surface area contributed by atoms with Crippen molar-refractivity contribution in [2.45, 2.75) is 23.8 Å². The predicted octanol–water partition coefficient (Wildman–Crippen LogP) is 3.60. The van der Waals surface area contributed by atoms with Crippen LogP contribution >= 0.6 is 15.9 Å². The van der Waals surface area contributed by atoms with Crippen molar-refractivity contribution in [3.05, 3.63) is 53.1 Å². The van der Waals surface area contributed by atoms with E-state index in [1.165, 1.54) is 13.1 Å². The van der Waals surface area contributed by atoms with Gasteiger partial charge >= 0.3 is 0 Å². The molecule has 4 rings (SSSR count). The van der Waals surface area contributed by atoms with Crippen molar-refractivity contribution >= 4 is 54.8 Å². The van der Waals surface area contributed by atoms with Crippen LogP contribution in [0.1, 0.15) is 12.8 Å². The zero-order valence-corrected chi connectivity index (χ0v) is 21.7. The Kier molecular flexibility index (Phi) is 7.75. The van der Waals surface area contributed by atoms with Gasteiger partial charge in [-0.15, -0.1) is 0 Å². The molecular formula is C23H27BrN6O4S. The summed E-state index contributed by atoms with van der Waals surface area (Å²) in [6.45, 7) is 1.54. The van der Waals surface area contributed by atoms with Gasteiger partial charge < -0.3 is 25.4 Å². The molecule has 4 N–H and O–H groups in total. The highest BCUT2D eigenvalue weighted by Gasteiger charge is 2.20. The number of aliphatic hydroxyl groups excluding tert-OH is 1. The number of hydrogen-bond donors (Lipinski definition) is 4. The maximum absolute atomic E-state index is 12.4. The average Bonchev–Trinajstić information content (AvgIpc) is 2.87. The van der Waals surface area contributed by atoms with E-state index in [2.05, 4.69) is 46.2 Å². The summed E-state index contributed by atoms with van der Waals surface area (Å²) in [4.78, 5) is 11.2. The van der Waals surface area contributed by atoms with Crippen LogP contribution in [0.5, 0.6) is 5.75 Å². The molecule has 0 saturated carbocycles. The van der Waals surface area contributed by atoms with E-state index in [-0.39, 0.29) is 11.0 Å². The van der Waals surface area contributed by atoms with Gasteiger partial charge in [0.15, 0.2) is 0 Å². The fourth-order valence-corrected chi connectivity index (χ4v) is 4.97. The lowest BCUT2D eigenvalue weighted by atomic mass is 10.1. The molecule has 1 aliphatic heterocycles. The predicted molar refractivity (Wildman–Crippen MR) is 139 cm³/mol. The van der Waals surface area contributed by atoms with Crippen LogP contribution < -0.4 is 25.0 Å². The molecule has 3 aromatic rings. The van der Waals surface area contributed by atoms with Gasteiger partial charge in [-0.05, 0) is 66.2 Å². The maximum atomic E-state index is 12.4. The molecular weight excluding hydrogens is 536 g/mol. The van der Waals surface area contributed by atoms with E-state index < -0.39 is 10.0 Å². The molecule has 1 fully saturated rings. The van der Waals surface area contributed by atoms with Crippen LogP contribution in [0.2, 0.25) is 0 Å². The molecule has 0 atom stereocenters. The van der Waals surface area contributed by atoms with Gasteiger partial charge in [0, 0.05) is 25.0 Å². The summed E-state index contributed by atoms with van der Waals surface area (Å²) in [5.74, 6) is 1.31. The van der Waals surface area contributed by atoms with Gasteiger partial charge in [-0.25, -0.2) is 18.1 Å². The molecule has 10 nitrogen and oxygen atoms in total. The van der Waals surface area contributed by atoms with Crippen LogP contribution in [0.4, 0.5) is 28.8 Å². The topological polar surface area (TPSA) is 129 Å². The number of para-hydroxylation sites is 1. The Balaban J connectivity index is 1.61. The summed E-state index contributed by atoms with van der Waals surface area (Å²) in [7, 11) is -0.720. The number of halogens is 1. The molecule has 1 saturated heterocycles. The lowest BCUT2D eigenvalue weighted by molar-refractivity contribution is 0.145. The number of ether oxygens (including phenoxy) is 1. The third kappa shape index (κ3) is 5.84. The Morgan fingerprint density at radius 2 is 1.86 bits per heavy atom. The van der Waals surface area contributed by atoms with Crippen LogP contribution in [-0.2, 0) is 10.0 Å². The van der Waals surface area contributed by atoms with Gasteiger partial charge in [-0.1, -0.05) is 12.1 Å². The van der Waals surface area contributed by atoms with Crippen LogP contribution in [0, 0.1) is 0 Å². The van der Waals surface area contributed by atoms with Crippen molar-refractivity contribution in [2.75, 3.05) is 42.8 Å². The third-order valence-corrected chi connectivity index (χ3v) is 7.75. The Labute approximate surface area is 212 Å². The molecule has 0 aliphatic carbocycles. The van der Waals surface area contributed by atoms with Gasteiger partial charge in [-0.3, -0.25) is 0 Å². The first-order chi connectivity index (χ1) is 16.8. The summed E-state index contributed by atoms with van der Waals surface area (Å²) in [5.41, 5.74) is 2.06. The van der Waals surface area contributed by atoms with Crippen molar-refractivity contribution in [1.82, 2.24) is 14.7 Å². The fourth-order valence-electron chi connectivity index (χ4n) is 3.79. The number of nitrogens with zero attached hydrogens (tertiary/aromatic N) is 3. The average molecular weight is 563 g/mol. The molecule has 12 heteroatoms. The van der Waals surface area contributed by atoms with E-state index in [0.717, 1.165) is 31.6 Å². The Hall–Kier alpha value is -2.93. The highest BCUT2D eigenvalue weighted by Crippen LogP contribution is 2.34. The summed E-state index contributed by atoms with van der Waals surface area (Å²) < 4.78 is 33.2. The molecule has 0 spiro atoms. The Morgan fingerprint density at radius 1 is 1.11 bits per heavy atom. The number of aliphatic hydroxyl groups is 1. The van der Waals surface area contributed by atoms with E-state index in [9.17, 15) is 13.5 Å². The first kappa shape index (κ1) is 25.2. The number of sulfonamides is 1. The van der Waals surface area contributed by atoms with E-state index in [1.54, 1.807) is 31.5 Å². The molecule has 186 valence electrons. The van der Waals surface area contributed by atoms with Gasteiger partial charge in [-0.2, -0.15) is 4.98 Å². The molecule has 0 amide bonds. The minimum Gasteiger partial charge on any atom is -0.495 e. The summed E-state index contributed by atoms with van der Waals surface area (Å²) in [6, 6.07) is 12.4. The van der Waals surface area contributed by atoms with Gasteiger partial charge in [0.2, 0.25) is 16.0 Å². The van der Waals surface area contributed by atoms with Crippen molar-refractivity contribution in [2.24, 2.45) is 0 Å². The zero-order valence-electron chi connectivity index (χ0n) is 19.3. The second kappa shape index (κ2) is 10.8. The van der Waals surface area contributed by atoms with Gasteiger partial charge in [0.25, 0.3) is 0 Å². The largest absolute Gasteiger partial charge is 0.495 e. The molecule has 1 aromatic heterocycles. The van der Waals surface area contributed by atoms with Gasteiger partial charge in [0.1, 0.15) is 16.5 Å². The molecule has 1 aliphatic rings. The quantitative estimate of drug-likeness (QED) is 0.325. The number of anilines is 5. The fraction of sp³-hybridized carbons (Fsp3) is 0.304. The monoisotopic (exact) mass is 562 g/mol. The number of hydrogen-bond acceptors (Lipinski definition) is 9. The number of benzene rings is 2. The highest BCUT2D eigenvalue weighted by molar-refractivity contribution is 9.10. The summed E-state index contributed by atoms with van der Waals surface area (Å²) in [6.07, 6.45) is 2.78. The molecule has 2 aromatic carbocycles. The summed E-state index contributed by atoms with van der Waals surface area (Å²) >= 11 is 3.43. The van der Waals surface area contributed by atoms with Gasteiger partial charge in [0.05, 0.1) is 29.1 Å². The second-order valence-corrected chi connectivity index (χ2v) is 10.7. The normalized spacial score (nSPS) is 14.6. The number of nitrogens with one attached hydrogen (secondary N) is 3. The van der Waals surface area contributed by atoms with Crippen LogP contribution in [-0.4, -0.2) is 56.8 Å². The zero-order chi connectivity index (χ0) is 25.0. The first-order valence-corrected chi connectivity index (χ1v) is 13.3. The van der Waals surface area contributed by atoms with Crippen molar-refractivity contribution in [3.8, 4) is 5.75 Å². The molecule has 35 heavy (non-hydrogen) atoms. The van der Waals surface area contributed by atoms with E-state index in [1.807, 2.05) is 18.2 Å². The highest BCUT2D eigenvalue weighted by atomic mass is 79.9. The number of aromatic nitrogens is 2. The number of methoxy groups -OCH3 is 1. The third-order valence-electron chi connectivity index (χ3n) is 5.70. The van der Waals surface area contributed by atoms with Crippen LogP contribution in [0.3, 0.4) is 0 Å². The lowest BCUT2D eigenvalue weighted by Crippen LogP contribution is -2.35. The second-order valence-electron chi connectivity index (χ2n) is 7.95. The SMILES string of the molecule is CNS(=O)(=O)c1ccccc1Nc1nc(Nc2cc(N3CCC(O)CC3)ccc2OC)ncc1Br. The Bertz CT molecular complexity index is 1300. The lowest BCUT2D eigenvalue weighted by Gasteiger charge is -2.32. The number of piperidine rings is 1. The maximum Gasteiger partial charge on any atom is 0.242 e. The molecule has 0 bridgehead atoms. The molecule has 0 radical (unpaired) electrons. The molecule has 2 heterocycles. The standard InChI is InChI=1S/C23H27BrN6O4S/c1-25-35(32,33)21-6-4-3-5-18(21)27-22-17(24)14-26-23(29-22)28-19-13-15(7-8-20(19)34-2)30-11-9-16(31)10-12-30/h3-8,13-14,16,25,31H,9-12H2,1-2H3,(H2,26,27,28,29). The van der Waals surface area contributed by atoms with E-state index >= 15 is 0 Å². The molecule has 0 unspecified atom stereocenters. The van der Waals surface area contributed by atoms with Crippen molar-refractivity contribution in [1.29, 1.82) is 0 Å². The first-order valence-electron chi connectivity index (χ1n) is 11.0. The smallest absolute Gasteiger partial charge is 0.242 e. The number of rotatable bonds is 8. The Morgan fingerprint density at radius 3 is 2.57 bits per heavy atom. The minimum absolute atomic E-state index is 0.101. The van der Waals surface area contributed by atoms with Crippen LogP contribution in [0.25, 0.3) is 0 Å². The van der Waals surface area contributed by atoms with Crippen molar-refractivity contribution in [3.63, 3.8) is 0 Å². The van der Waals surface area contributed by atoms with Crippen molar-refractivity contribution < 1.29 is 18.3 Å².